The lowest BCUT2D eigenvalue weighted by Crippen LogP contribution is -2.28. The first-order valence-electron chi connectivity index (χ1n) is 7.67. The molecule has 2 aliphatic heterocycles. The number of hydrogen-bond acceptors (Lipinski definition) is 3. The summed E-state index contributed by atoms with van der Waals surface area (Å²) in [5.74, 6) is -0.121. The molecule has 2 fully saturated rings. The molecule has 4 heteroatoms. The highest BCUT2D eigenvalue weighted by Crippen LogP contribution is 2.39. The second-order valence-electron chi connectivity index (χ2n) is 5.95. The number of aromatic nitrogens is 1. The van der Waals surface area contributed by atoms with Crippen LogP contribution in [0, 0.1) is 5.92 Å². The fraction of sp³-hybridized carbons (Fsp3) is 0.471. The number of benzene rings is 1. The maximum Gasteiger partial charge on any atom is 0.311 e. The Morgan fingerprint density at radius 1 is 1.29 bits per heavy atom. The van der Waals surface area contributed by atoms with Crippen LogP contribution in [0.5, 0.6) is 0 Å². The molecular formula is C17H19NO3. The van der Waals surface area contributed by atoms with E-state index in [9.17, 15) is 4.79 Å². The topological polar surface area (TPSA) is 40.5 Å². The highest BCUT2D eigenvalue weighted by atomic mass is 16.5. The smallest absolute Gasteiger partial charge is 0.311 e. The lowest BCUT2D eigenvalue weighted by molar-refractivity contribution is -0.150. The fourth-order valence-corrected chi connectivity index (χ4v) is 3.57. The minimum Gasteiger partial charge on any atom is -0.463 e. The van der Waals surface area contributed by atoms with Crippen LogP contribution < -0.4 is 0 Å². The van der Waals surface area contributed by atoms with Crippen LogP contribution in [0.2, 0.25) is 0 Å². The summed E-state index contributed by atoms with van der Waals surface area (Å²) in [5.41, 5.74) is 1.18. The number of carbonyl (C=O) groups excluding carboxylic acids is 1. The molecular weight excluding hydrogens is 266 g/mol. The Bertz CT molecular complexity index is 663. The van der Waals surface area contributed by atoms with E-state index in [0.717, 1.165) is 19.3 Å². The van der Waals surface area contributed by atoms with Crippen molar-refractivity contribution >= 4 is 16.9 Å². The highest BCUT2D eigenvalue weighted by molar-refractivity contribution is 5.79. The summed E-state index contributed by atoms with van der Waals surface area (Å²) in [5, 5.41) is 1.21. The van der Waals surface area contributed by atoms with Crippen molar-refractivity contribution in [2.24, 2.45) is 5.92 Å². The van der Waals surface area contributed by atoms with Crippen molar-refractivity contribution in [2.75, 3.05) is 6.61 Å². The lowest BCUT2D eigenvalue weighted by Gasteiger charge is -2.17. The van der Waals surface area contributed by atoms with E-state index in [2.05, 4.69) is 22.8 Å². The molecule has 0 amide bonds. The van der Waals surface area contributed by atoms with Gasteiger partial charge in [0.15, 0.2) is 0 Å². The van der Waals surface area contributed by atoms with E-state index in [1.54, 1.807) is 0 Å². The Kier molecular flexibility index (Phi) is 3.19. The standard InChI is InChI=1S/C17H19NO3/c19-17(14-11-13-5-6-16(14)21-13)20-10-9-18-8-7-12-3-1-2-4-15(12)18/h1-4,7-8,13-14,16H,5-6,9-11H2. The summed E-state index contributed by atoms with van der Waals surface area (Å²) in [6.45, 7) is 1.12. The maximum atomic E-state index is 12.1. The Morgan fingerprint density at radius 3 is 3.00 bits per heavy atom. The normalized spacial score (nSPS) is 27.3. The van der Waals surface area contributed by atoms with Gasteiger partial charge < -0.3 is 14.0 Å². The Labute approximate surface area is 123 Å². The molecule has 4 nitrogen and oxygen atoms in total. The molecule has 0 radical (unpaired) electrons. The second-order valence-corrected chi connectivity index (χ2v) is 5.95. The van der Waals surface area contributed by atoms with E-state index in [1.807, 2.05) is 18.3 Å². The fourth-order valence-electron chi connectivity index (χ4n) is 3.57. The first-order chi connectivity index (χ1) is 10.3. The number of esters is 1. The Hall–Kier alpha value is -1.81. The second kappa shape index (κ2) is 5.19. The van der Waals surface area contributed by atoms with Gasteiger partial charge >= 0.3 is 5.97 Å². The van der Waals surface area contributed by atoms with Gasteiger partial charge in [0, 0.05) is 11.7 Å². The zero-order chi connectivity index (χ0) is 14.2. The molecule has 21 heavy (non-hydrogen) atoms. The van der Waals surface area contributed by atoms with Crippen molar-refractivity contribution in [3.63, 3.8) is 0 Å². The molecule has 0 N–H and O–H groups in total. The number of rotatable bonds is 4. The molecule has 2 bridgehead atoms. The lowest BCUT2D eigenvalue weighted by atomic mass is 9.89. The molecule has 1 aromatic carbocycles. The number of para-hydroxylation sites is 1. The SMILES string of the molecule is O=C(OCCn1ccc2ccccc21)C1CC2CCC1O2. The number of nitrogens with zero attached hydrogens (tertiary/aromatic N) is 1. The van der Waals surface area contributed by atoms with E-state index in [4.69, 9.17) is 9.47 Å². The van der Waals surface area contributed by atoms with Gasteiger partial charge in [-0.05, 0) is 36.8 Å². The summed E-state index contributed by atoms with van der Waals surface area (Å²) in [4.78, 5) is 12.1. The number of ether oxygens (including phenoxy) is 2. The van der Waals surface area contributed by atoms with Gasteiger partial charge in [0.2, 0.25) is 0 Å². The summed E-state index contributed by atoms with van der Waals surface area (Å²) in [6.07, 6.45) is 5.39. The quantitative estimate of drug-likeness (QED) is 0.811. The van der Waals surface area contributed by atoms with Gasteiger partial charge in [-0.3, -0.25) is 4.79 Å². The zero-order valence-corrected chi connectivity index (χ0v) is 11.9. The average molecular weight is 285 g/mol. The monoisotopic (exact) mass is 285 g/mol. The van der Waals surface area contributed by atoms with Crippen molar-refractivity contribution < 1.29 is 14.3 Å². The third kappa shape index (κ3) is 2.33. The van der Waals surface area contributed by atoms with E-state index in [1.165, 1.54) is 10.9 Å². The van der Waals surface area contributed by atoms with Crippen LogP contribution in [0.3, 0.4) is 0 Å². The predicted molar refractivity (Wildman–Crippen MR) is 78.9 cm³/mol. The van der Waals surface area contributed by atoms with Crippen LogP contribution >= 0.6 is 0 Å². The Balaban J connectivity index is 1.34. The van der Waals surface area contributed by atoms with Crippen LogP contribution in [0.25, 0.3) is 10.9 Å². The van der Waals surface area contributed by atoms with Crippen LogP contribution in [-0.4, -0.2) is 29.4 Å². The van der Waals surface area contributed by atoms with E-state index < -0.39 is 0 Å². The van der Waals surface area contributed by atoms with Crippen LogP contribution in [0.1, 0.15) is 19.3 Å². The molecule has 0 spiro atoms. The minimum atomic E-state index is -0.0846. The molecule has 3 unspecified atom stereocenters. The number of hydrogen-bond donors (Lipinski definition) is 0. The molecule has 2 aromatic rings. The van der Waals surface area contributed by atoms with E-state index in [0.29, 0.717) is 19.3 Å². The number of fused-ring (bicyclic) bond motifs is 3. The van der Waals surface area contributed by atoms with Gasteiger partial charge in [0.1, 0.15) is 6.61 Å². The third-order valence-corrected chi connectivity index (χ3v) is 4.67. The summed E-state index contributed by atoms with van der Waals surface area (Å²) >= 11 is 0. The first-order valence-corrected chi connectivity index (χ1v) is 7.67. The van der Waals surface area contributed by atoms with Gasteiger partial charge in [0.05, 0.1) is 24.7 Å². The molecule has 2 saturated heterocycles. The van der Waals surface area contributed by atoms with Crippen LogP contribution in [0.4, 0.5) is 0 Å². The van der Waals surface area contributed by atoms with Gasteiger partial charge in [-0.25, -0.2) is 0 Å². The number of carbonyl (C=O) groups is 1. The molecule has 110 valence electrons. The molecule has 0 aliphatic carbocycles. The van der Waals surface area contributed by atoms with Gasteiger partial charge in [-0.2, -0.15) is 0 Å². The van der Waals surface area contributed by atoms with Crippen molar-refractivity contribution in [3.05, 3.63) is 36.5 Å². The summed E-state index contributed by atoms with van der Waals surface area (Å²) in [6, 6.07) is 10.3. The molecule has 3 heterocycles. The average Bonchev–Trinajstić information content (AvgIpc) is 3.22. The molecule has 1 aromatic heterocycles. The third-order valence-electron chi connectivity index (χ3n) is 4.67. The maximum absolute atomic E-state index is 12.1. The minimum absolute atomic E-state index is 0.0369. The van der Waals surface area contributed by atoms with Gasteiger partial charge in [-0.1, -0.05) is 18.2 Å². The van der Waals surface area contributed by atoms with Crippen molar-refractivity contribution in [3.8, 4) is 0 Å². The Morgan fingerprint density at radius 2 is 2.19 bits per heavy atom. The van der Waals surface area contributed by atoms with Crippen LogP contribution in [0.15, 0.2) is 36.5 Å². The van der Waals surface area contributed by atoms with Crippen molar-refractivity contribution in [1.82, 2.24) is 4.57 Å². The molecule has 0 saturated carbocycles. The first kappa shape index (κ1) is 12.9. The van der Waals surface area contributed by atoms with Gasteiger partial charge in [0.25, 0.3) is 0 Å². The highest BCUT2D eigenvalue weighted by Gasteiger charge is 2.45. The molecule has 3 atom stereocenters. The van der Waals surface area contributed by atoms with Gasteiger partial charge in [-0.15, -0.1) is 0 Å². The molecule has 4 rings (SSSR count). The molecule has 2 aliphatic rings. The van der Waals surface area contributed by atoms with E-state index in [-0.39, 0.29) is 18.0 Å². The summed E-state index contributed by atoms with van der Waals surface area (Å²) in [7, 11) is 0. The predicted octanol–water partition coefficient (Wildman–Crippen LogP) is 2.75. The van der Waals surface area contributed by atoms with Crippen molar-refractivity contribution in [1.29, 1.82) is 0 Å². The van der Waals surface area contributed by atoms with E-state index >= 15 is 0 Å². The van der Waals surface area contributed by atoms with Crippen LogP contribution in [-0.2, 0) is 20.8 Å². The zero-order valence-electron chi connectivity index (χ0n) is 11.9. The largest absolute Gasteiger partial charge is 0.463 e. The summed E-state index contributed by atoms with van der Waals surface area (Å²) < 4.78 is 13.3. The van der Waals surface area contributed by atoms with Crippen molar-refractivity contribution in [2.45, 2.75) is 38.0 Å².